The van der Waals surface area contributed by atoms with Crippen LogP contribution in [0, 0.1) is 0 Å². The highest BCUT2D eigenvalue weighted by molar-refractivity contribution is 5.98. The van der Waals surface area contributed by atoms with E-state index in [1.54, 1.807) is 0 Å². The summed E-state index contributed by atoms with van der Waals surface area (Å²) in [7, 11) is 1.16. The number of carbonyl (C=O) groups is 2. The van der Waals surface area contributed by atoms with Crippen molar-refractivity contribution in [3.05, 3.63) is 71.3 Å². The van der Waals surface area contributed by atoms with Crippen LogP contribution in [0.25, 0.3) is 0 Å². The number of methoxy groups -OCH3 is 1. The Bertz CT molecular complexity index is 760. The van der Waals surface area contributed by atoms with Crippen LogP contribution in [-0.2, 0) is 22.1 Å². The Labute approximate surface area is 149 Å². The SMILES string of the molecule is COC(=O)[C@H](CCc1ccccc1)NC(=O)c1ccccc1C(F)(F)F. The third kappa shape index (κ3) is 5.08. The second kappa shape index (κ2) is 8.51. The van der Waals surface area contributed by atoms with E-state index >= 15 is 0 Å². The number of halogens is 3. The molecule has 0 aliphatic heterocycles. The van der Waals surface area contributed by atoms with Gasteiger partial charge in [0.15, 0.2) is 0 Å². The number of benzene rings is 2. The fourth-order valence-electron chi connectivity index (χ4n) is 2.51. The fourth-order valence-corrected chi connectivity index (χ4v) is 2.51. The number of hydrogen-bond donors (Lipinski definition) is 1. The van der Waals surface area contributed by atoms with Crippen molar-refractivity contribution in [2.24, 2.45) is 0 Å². The highest BCUT2D eigenvalue weighted by atomic mass is 19.4. The van der Waals surface area contributed by atoms with Crippen molar-refractivity contribution in [2.45, 2.75) is 25.1 Å². The number of hydrogen-bond acceptors (Lipinski definition) is 3. The molecule has 2 rings (SSSR count). The molecule has 0 bridgehead atoms. The molecule has 0 fully saturated rings. The number of nitrogens with one attached hydrogen (secondary N) is 1. The summed E-state index contributed by atoms with van der Waals surface area (Å²) >= 11 is 0. The first-order chi connectivity index (χ1) is 12.3. The van der Waals surface area contributed by atoms with Crippen molar-refractivity contribution in [2.75, 3.05) is 7.11 Å². The molecule has 2 aromatic carbocycles. The van der Waals surface area contributed by atoms with E-state index in [1.807, 2.05) is 30.3 Å². The van der Waals surface area contributed by atoms with E-state index in [-0.39, 0.29) is 6.42 Å². The van der Waals surface area contributed by atoms with Crippen molar-refractivity contribution in [1.29, 1.82) is 0 Å². The minimum atomic E-state index is -4.67. The molecule has 0 unspecified atom stereocenters. The lowest BCUT2D eigenvalue weighted by molar-refractivity contribution is -0.143. The van der Waals surface area contributed by atoms with Gasteiger partial charge in [-0.05, 0) is 30.5 Å². The smallest absolute Gasteiger partial charge is 0.417 e. The lowest BCUT2D eigenvalue weighted by Gasteiger charge is -2.18. The first kappa shape index (κ1) is 19.5. The van der Waals surface area contributed by atoms with Crippen molar-refractivity contribution in [3.8, 4) is 0 Å². The molecule has 0 radical (unpaired) electrons. The number of alkyl halides is 3. The zero-order chi connectivity index (χ0) is 19.2. The number of esters is 1. The number of carbonyl (C=O) groups excluding carboxylic acids is 2. The number of aryl methyl sites for hydroxylation is 1. The van der Waals surface area contributed by atoms with E-state index in [4.69, 9.17) is 0 Å². The van der Waals surface area contributed by atoms with E-state index in [0.717, 1.165) is 24.8 Å². The summed E-state index contributed by atoms with van der Waals surface area (Å²) in [4.78, 5) is 24.3. The van der Waals surface area contributed by atoms with Crippen LogP contribution >= 0.6 is 0 Å². The van der Waals surface area contributed by atoms with Gasteiger partial charge in [-0.3, -0.25) is 4.79 Å². The Balaban J connectivity index is 2.16. The van der Waals surface area contributed by atoms with Crippen LogP contribution in [0.4, 0.5) is 13.2 Å². The predicted octanol–water partition coefficient (Wildman–Crippen LogP) is 3.61. The summed E-state index contributed by atoms with van der Waals surface area (Å²) in [6, 6.07) is 12.6. The molecule has 0 heterocycles. The maximum absolute atomic E-state index is 13.1. The first-order valence-corrected chi connectivity index (χ1v) is 7.91. The van der Waals surface area contributed by atoms with E-state index in [2.05, 4.69) is 10.1 Å². The Morgan fingerprint density at radius 3 is 2.27 bits per heavy atom. The number of rotatable bonds is 6. The van der Waals surface area contributed by atoms with Crippen LogP contribution in [0.5, 0.6) is 0 Å². The van der Waals surface area contributed by atoms with Crippen LogP contribution in [0.3, 0.4) is 0 Å². The van der Waals surface area contributed by atoms with Gasteiger partial charge < -0.3 is 10.1 Å². The van der Waals surface area contributed by atoms with Crippen LogP contribution in [-0.4, -0.2) is 25.0 Å². The third-order valence-corrected chi connectivity index (χ3v) is 3.83. The molecular formula is C19H18F3NO3. The molecule has 0 saturated carbocycles. The molecule has 1 N–H and O–H groups in total. The van der Waals surface area contributed by atoms with Crippen LogP contribution in [0.15, 0.2) is 54.6 Å². The van der Waals surface area contributed by atoms with Crippen LogP contribution in [0.2, 0.25) is 0 Å². The van der Waals surface area contributed by atoms with Gasteiger partial charge in [0.2, 0.25) is 0 Å². The standard InChI is InChI=1S/C19H18F3NO3/c1-26-18(25)16(12-11-13-7-3-2-4-8-13)23-17(24)14-9-5-6-10-15(14)19(20,21)22/h2-10,16H,11-12H2,1H3,(H,23,24)/t16-/m0/s1. The second-order valence-corrected chi connectivity index (χ2v) is 5.62. The van der Waals surface area contributed by atoms with Gasteiger partial charge in [-0.1, -0.05) is 42.5 Å². The molecule has 0 spiro atoms. The maximum Gasteiger partial charge on any atom is 0.417 e. The second-order valence-electron chi connectivity index (χ2n) is 5.62. The Kier molecular flexibility index (Phi) is 6.38. The van der Waals surface area contributed by atoms with Gasteiger partial charge in [0.25, 0.3) is 5.91 Å². The molecule has 0 aromatic heterocycles. The van der Waals surface area contributed by atoms with Crippen molar-refractivity contribution in [3.63, 3.8) is 0 Å². The molecule has 0 saturated heterocycles. The summed E-state index contributed by atoms with van der Waals surface area (Å²) < 4.78 is 43.9. The van der Waals surface area contributed by atoms with Gasteiger partial charge in [0.05, 0.1) is 18.2 Å². The van der Waals surface area contributed by atoms with Crippen molar-refractivity contribution in [1.82, 2.24) is 5.32 Å². The van der Waals surface area contributed by atoms with Gasteiger partial charge in [0.1, 0.15) is 6.04 Å². The number of amides is 1. The van der Waals surface area contributed by atoms with E-state index in [1.165, 1.54) is 12.1 Å². The predicted molar refractivity (Wildman–Crippen MR) is 89.5 cm³/mol. The highest BCUT2D eigenvalue weighted by Crippen LogP contribution is 2.31. The molecular weight excluding hydrogens is 347 g/mol. The summed E-state index contributed by atoms with van der Waals surface area (Å²) in [5, 5.41) is 2.35. The van der Waals surface area contributed by atoms with Gasteiger partial charge in [-0.15, -0.1) is 0 Å². The van der Waals surface area contributed by atoms with E-state index < -0.39 is 35.2 Å². The van der Waals surface area contributed by atoms with Gasteiger partial charge in [-0.2, -0.15) is 13.2 Å². The first-order valence-electron chi connectivity index (χ1n) is 7.91. The average Bonchev–Trinajstić information content (AvgIpc) is 2.64. The zero-order valence-corrected chi connectivity index (χ0v) is 14.0. The van der Waals surface area contributed by atoms with Crippen LogP contribution in [0.1, 0.15) is 27.9 Å². The third-order valence-electron chi connectivity index (χ3n) is 3.83. The average molecular weight is 365 g/mol. The normalized spacial score (nSPS) is 12.3. The number of ether oxygens (including phenoxy) is 1. The molecule has 1 amide bonds. The minimum absolute atomic E-state index is 0.205. The van der Waals surface area contributed by atoms with Gasteiger partial charge >= 0.3 is 12.1 Å². The molecule has 4 nitrogen and oxygen atoms in total. The summed E-state index contributed by atoms with van der Waals surface area (Å²) in [5.74, 6) is -1.68. The molecule has 7 heteroatoms. The van der Waals surface area contributed by atoms with Crippen molar-refractivity contribution < 1.29 is 27.5 Å². The van der Waals surface area contributed by atoms with Crippen molar-refractivity contribution >= 4 is 11.9 Å². The van der Waals surface area contributed by atoms with Gasteiger partial charge in [-0.25, -0.2) is 4.79 Å². The van der Waals surface area contributed by atoms with E-state index in [9.17, 15) is 22.8 Å². The largest absolute Gasteiger partial charge is 0.467 e. The quantitative estimate of drug-likeness (QED) is 0.796. The highest BCUT2D eigenvalue weighted by Gasteiger charge is 2.35. The monoisotopic (exact) mass is 365 g/mol. The molecule has 0 aliphatic carbocycles. The minimum Gasteiger partial charge on any atom is -0.467 e. The lowest BCUT2D eigenvalue weighted by atomic mass is 10.0. The molecule has 26 heavy (non-hydrogen) atoms. The van der Waals surface area contributed by atoms with E-state index in [0.29, 0.717) is 6.42 Å². The summed E-state index contributed by atoms with van der Waals surface area (Å²) in [6.45, 7) is 0. The van der Waals surface area contributed by atoms with Gasteiger partial charge in [0, 0.05) is 0 Å². The maximum atomic E-state index is 13.1. The summed E-state index contributed by atoms with van der Waals surface area (Å²) in [6.07, 6.45) is -4.00. The fraction of sp³-hybridized carbons (Fsp3) is 0.263. The molecule has 138 valence electrons. The molecule has 0 aliphatic rings. The zero-order valence-electron chi connectivity index (χ0n) is 14.0. The summed E-state index contributed by atoms with van der Waals surface area (Å²) in [5.41, 5.74) is -0.649. The Morgan fingerprint density at radius 2 is 1.65 bits per heavy atom. The Morgan fingerprint density at radius 1 is 1.04 bits per heavy atom. The molecule has 1 atom stereocenters. The molecule has 2 aromatic rings. The van der Waals surface area contributed by atoms with Crippen LogP contribution < -0.4 is 5.32 Å². The Hall–Kier alpha value is -2.83. The lowest BCUT2D eigenvalue weighted by Crippen LogP contribution is -2.42. The topological polar surface area (TPSA) is 55.4 Å².